The van der Waals surface area contributed by atoms with Crippen molar-refractivity contribution >= 4 is 17.5 Å². The van der Waals surface area contributed by atoms with Gasteiger partial charge in [-0.1, -0.05) is 0 Å². The number of rotatable bonds is 5. The van der Waals surface area contributed by atoms with Gasteiger partial charge in [-0.2, -0.15) is 0 Å². The van der Waals surface area contributed by atoms with Gasteiger partial charge >= 0.3 is 0 Å². The molecule has 0 radical (unpaired) electrons. The van der Waals surface area contributed by atoms with E-state index >= 15 is 0 Å². The van der Waals surface area contributed by atoms with Crippen LogP contribution in [0.4, 0.5) is 0 Å². The molecule has 1 aromatic heterocycles. The van der Waals surface area contributed by atoms with Crippen LogP contribution in [0.2, 0.25) is 0 Å². The van der Waals surface area contributed by atoms with Crippen LogP contribution in [0.3, 0.4) is 0 Å². The first-order valence-corrected chi connectivity index (χ1v) is 5.31. The van der Waals surface area contributed by atoms with Gasteiger partial charge in [0.25, 0.3) is 5.91 Å². The van der Waals surface area contributed by atoms with Gasteiger partial charge < -0.3 is 5.32 Å². The first-order chi connectivity index (χ1) is 7.20. The second-order valence-corrected chi connectivity index (χ2v) is 4.05. The quantitative estimate of drug-likeness (QED) is 0.614. The molecule has 1 rings (SSSR count). The summed E-state index contributed by atoms with van der Waals surface area (Å²) in [7, 11) is 0. The van der Waals surface area contributed by atoms with E-state index in [-0.39, 0.29) is 11.3 Å². The maximum atomic E-state index is 11.5. The van der Waals surface area contributed by atoms with Crippen LogP contribution < -0.4 is 5.32 Å². The van der Waals surface area contributed by atoms with E-state index in [0.29, 0.717) is 12.1 Å². The molecule has 0 saturated heterocycles. The zero-order valence-corrected chi connectivity index (χ0v) is 9.37. The number of halogens is 1. The van der Waals surface area contributed by atoms with Gasteiger partial charge in [0.15, 0.2) is 0 Å². The van der Waals surface area contributed by atoms with Gasteiger partial charge in [-0.3, -0.25) is 4.79 Å². The minimum atomic E-state index is -0.141. The molecule has 1 N–H and O–H groups in total. The van der Waals surface area contributed by atoms with Crippen LogP contribution in [-0.2, 0) is 0 Å². The molecule has 0 aliphatic rings. The highest BCUT2D eigenvalue weighted by molar-refractivity contribution is 6.20. The lowest BCUT2D eigenvalue weighted by Gasteiger charge is -2.05. The van der Waals surface area contributed by atoms with E-state index < -0.39 is 0 Å². The summed E-state index contributed by atoms with van der Waals surface area (Å²) in [6, 6.07) is 0. The lowest BCUT2D eigenvalue weighted by Crippen LogP contribution is -2.25. The van der Waals surface area contributed by atoms with Gasteiger partial charge in [-0.15, -0.1) is 11.6 Å². The summed E-state index contributed by atoms with van der Waals surface area (Å²) >= 11 is 5.78. The fraction of sp³-hybridized carbons (Fsp3) is 0.500. The molecule has 1 aromatic rings. The summed E-state index contributed by atoms with van der Waals surface area (Å²) in [5.41, 5.74) is 0.483. The van der Waals surface area contributed by atoms with Crippen LogP contribution in [-0.4, -0.2) is 27.8 Å². The van der Waals surface area contributed by atoms with Crippen LogP contribution in [0.1, 0.15) is 30.1 Å². The highest BCUT2D eigenvalue weighted by atomic mass is 35.5. The number of nitrogens with one attached hydrogen (secondary N) is 1. The van der Waals surface area contributed by atoms with E-state index in [1.54, 1.807) is 0 Å². The van der Waals surface area contributed by atoms with E-state index in [9.17, 15) is 4.79 Å². The summed E-state index contributed by atoms with van der Waals surface area (Å²) in [4.78, 5) is 19.0. The Balaban J connectivity index is 2.25. The Hall–Kier alpha value is -1.16. The number of hydrogen-bond donors (Lipinski definition) is 1. The van der Waals surface area contributed by atoms with Gasteiger partial charge in [0.2, 0.25) is 0 Å². The highest BCUT2D eigenvalue weighted by Gasteiger charge is 2.04. The highest BCUT2D eigenvalue weighted by Crippen LogP contribution is 2.02. The standard InChI is InChI=1S/C10H14ClN3O/c1-8(11)3-2-4-14-10(15)9-5-12-7-13-6-9/h5-8H,2-4H2,1H3,(H,14,15). The van der Waals surface area contributed by atoms with Gasteiger partial charge in [-0.05, 0) is 19.8 Å². The van der Waals surface area contributed by atoms with Gasteiger partial charge in [-0.25, -0.2) is 9.97 Å². The minimum Gasteiger partial charge on any atom is -0.352 e. The average molecular weight is 228 g/mol. The van der Waals surface area contributed by atoms with Crippen LogP contribution in [0.25, 0.3) is 0 Å². The number of carbonyl (C=O) groups excluding carboxylic acids is 1. The molecule has 0 fully saturated rings. The Kier molecular flexibility index (Phi) is 5.04. The first kappa shape index (κ1) is 11.9. The second-order valence-electron chi connectivity index (χ2n) is 3.31. The molecule has 1 unspecified atom stereocenters. The third-order valence-corrected chi connectivity index (χ3v) is 2.11. The monoisotopic (exact) mass is 227 g/mol. The van der Waals surface area contributed by atoms with Crippen molar-refractivity contribution in [2.24, 2.45) is 0 Å². The Morgan fingerprint density at radius 1 is 1.53 bits per heavy atom. The molecule has 82 valence electrons. The van der Waals surface area contributed by atoms with Crippen LogP contribution in [0.5, 0.6) is 0 Å². The summed E-state index contributed by atoms with van der Waals surface area (Å²) in [5.74, 6) is -0.141. The maximum absolute atomic E-state index is 11.5. The number of hydrogen-bond acceptors (Lipinski definition) is 3. The van der Waals surface area contributed by atoms with E-state index in [1.807, 2.05) is 6.92 Å². The SMILES string of the molecule is CC(Cl)CCCNC(=O)c1cncnc1. The number of alkyl halides is 1. The molecule has 1 amide bonds. The molecule has 1 heterocycles. The largest absolute Gasteiger partial charge is 0.352 e. The number of amides is 1. The molecule has 0 saturated carbocycles. The average Bonchev–Trinajstić information content (AvgIpc) is 2.25. The molecular formula is C10H14ClN3O. The molecule has 5 heteroatoms. The zero-order chi connectivity index (χ0) is 11.1. The Morgan fingerprint density at radius 2 is 2.20 bits per heavy atom. The number of nitrogens with zero attached hydrogens (tertiary/aromatic N) is 2. The fourth-order valence-corrected chi connectivity index (χ4v) is 1.26. The van der Waals surface area contributed by atoms with Crippen molar-refractivity contribution in [1.29, 1.82) is 0 Å². The van der Waals surface area contributed by atoms with E-state index in [4.69, 9.17) is 11.6 Å². The summed E-state index contributed by atoms with van der Waals surface area (Å²) in [5, 5.41) is 2.93. The maximum Gasteiger partial charge on any atom is 0.254 e. The van der Waals surface area contributed by atoms with Crippen LogP contribution in [0.15, 0.2) is 18.7 Å². The molecule has 0 aliphatic heterocycles. The molecule has 15 heavy (non-hydrogen) atoms. The summed E-state index contributed by atoms with van der Waals surface area (Å²) < 4.78 is 0. The molecule has 0 bridgehead atoms. The van der Waals surface area contributed by atoms with Crippen molar-refractivity contribution in [3.05, 3.63) is 24.3 Å². The van der Waals surface area contributed by atoms with Gasteiger partial charge in [0.05, 0.1) is 5.56 Å². The molecule has 1 atom stereocenters. The van der Waals surface area contributed by atoms with Crippen LogP contribution >= 0.6 is 11.6 Å². The Morgan fingerprint density at radius 3 is 2.80 bits per heavy atom. The van der Waals surface area contributed by atoms with Crippen molar-refractivity contribution in [2.75, 3.05) is 6.54 Å². The molecule has 0 aromatic carbocycles. The zero-order valence-electron chi connectivity index (χ0n) is 8.61. The normalized spacial score (nSPS) is 12.1. The number of aromatic nitrogens is 2. The predicted molar refractivity (Wildman–Crippen MR) is 58.9 cm³/mol. The fourth-order valence-electron chi connectivity index (χ4n) is 1.10. The molecule has 0 aliphatic carbocycles. The van der Waals surface area contributed by atoms with Gasteiger partial charge in [0.1, 0.15) is 6.33 Å². The lowest BCUT2D eigenvalue weighted by atomic mass is 10.2. The minimum absolute atomic E-state index is 0.141. The van der Waals surface area contributed by atoms with Crippen molar-refractivity contribution in [2.45, 2.75) is 25.1 Å². The molecule has 4 nitrogen and oxygen atoms in total. The van der Waals surface area contributed by atoms with E-state index in [2.05, 4.69) is 15.3 Å². The van der Waals surface area contributed by atoms with Crippen molar-refractivity contribution < 1.29 is 4.79 Å². The smallest absolute Gasteiger partial charge is 0.254 e. The molecular weight excluding hydrogens is 214 g/mol. The third kappa shape index (κ3) is 4.74. The van der Waals surface area contributed by atoms with Crippen molar-refractivity contribution in [1.82, 2.24) is 15.3 Å². The van der Waals surface area contributed by atoms with Gasteiger partial charge in [0, 0.05) is 24.3 Å². The summed E-state index contributed by atoms with van der Waals surface area (Å²) in [6.45, 7) is 2.57. The van der Waals surface area contributed by atoms with Crippen LogP contribution in [0, 0.1) is 0 Å². The Labute approximate surface area is 94.1 Å². The third-order valence-electron chi connectivity index (χ3n) is 1.89. The molecule has 0 spiro atoms. The first-order valence-electron chi connectivity index (χ1n) is 4.87. The van der Waals surface area contributed by atoms with Crippen molar-refractivity contribution in [3.63, 3.8) is 0 Å². The summed E-state index contributed by atoms with van der Waals surface area (Å²) in [6.07, 6.45) is 6.15. The van der Waals surface area contributed by atoms with Crippen molar-refractivity contribution in [3.8, 4) is 0 Å². The topological polar surface area (TPSA) is 54.9 Å². The lowest BCUT2D eigenvalue weighted by molar-refractivity contribution is 0.0952. The number of carbonyl (C=O) groups is 1. The van der Waals surface area contributed by atoms with E-state index in [0.717, 1.165) is 12.8 Å². The Bertz CT molecular complexity index is 303. The van der Waals surface area contributed by atoms with E-state index in [1.165, 1.54) is 18.7 Å². The second kappa shape index (κ2) is 6.35. The predicted octanol–water partition coefficient (Wildman–Crippen LogP) is 1.61.